The number of carbonyl (C=O) groups is 1. The number of esters is 1. The molecule has 1 aliphatic heterocycles. The first-order chi connectivity index (χ1) is 12.4. The van der Waals surface area contributed by atoms with Crippen LogP contribution in [0.1, 0.15) is 49.4 Å². The zero-order valence-corrected chi connectivity index (χ0v) is 15.5. The molecular weight excluding hydrogens is 322 g/mol. The summed E-state index contributed by atoms with van der Waals surface area (Å²) >= 11 is 0. The van der Waals surface area contributed by atoms with Crippen molar-refractivity contribution in [1.29, 1.82) is 0 Å². The molecule has 0 atom stereocenters. The molecule has 0 radical (unpaired) electrons. The molecular formula is C23H21NO2. The second-order valence-corrected chi connectivity index (χ2v) is 7.11. The third-order valence-corrected chi connectivity index (χ3v) is 5.13. The van der Waals surface area contributed by atoms with Gasteiger partial charge in [0.2, 0.25) is 5.60 Å². The summed E-state index contributed by atoms with van der Waals surface area (Å²) in [6.07, 6.45) is 1.72. The van der Waals surface area contributed by atoms with E-state index in [1.54, 1.807) is 18.3 Å². The number of rotatable bonds is 2. The molecule has 0 unspecified atom stereocenters. The fourth-order valence-electron chi connectivity index (χ4n) is 4.02. The second kappa shape index (κ2) is 5.80. The number of cyclic esters (lactones) is 1. The number of hydrogen-bond acceptors (Lipinski definition) is 3. The summed E-state index contributed by atoms with van der Waals surface area (Å²) in [6, 6.07) is 16.0. The molecule has 3 aromatic rings. The number of hydrogen-bond donors (Lipinski definition) is 0. The van der Waals surface area contributed by atoms with Crippen molar-refractivity contribution >= 4 is 5.97 Å². The van der Waals surface area contributed by atoms with Gasteiger partial charge in [0.15, 0.2) is 0 Å². The van der Waals surface area contributed by atoms with E-state index in [-0.39, 0.29) is 5.97 Å². The van der Waals surface area contributed by atoms with Gasteiger partial charge in [-0.3, -0.25) is 4.98 Å². The maximum atomic E-state index is 12.7. The number of aryl methyl sites for hydroxylation is 4. The molecule has 4 rings (SSSR count). The van der Waals surface area contributed by atoms with Gasteiger partial charge in [0.1, 0.15) is 5.69 Å². The van der Waals surface area contributed by atoms with Crippen LogP contribution in [0.25, 0.3) is 0 Å². The van der Waals surface area contributed by atoms with Gasteiger partial charge in [0.25, 0.3) is 0 Å². The number of nitrogens with zero attached hydrogens (tertiary/aromatic N) is 1. The number of ether oxygens (including phenoxy) is 1. The summed E-state index contributed by atoms with van der Waals surface area (Å²) in [5.41, 5.74) is 6.62. The lowest BCUT2D eigenvalue weighted by Crippen LogP contribution is -2.32. The van der Waals surface area contributed by atoms with Crippen molar-refractivity contribution in [2.24, 2.45) is 0 Å². The highest BCUT2D eigenvalue weighted by atomic mass is 16.6. The topological polar surface area (TPSA) is 39.2 Å². The molecule has 130 valence electrons. The second-order valence-electron chi connectivity index (χ2n) is 7.11. The summed E-state index contributed by atoms with van der Waals surface area (Å²) in [5.74, 6) is -0.326. The van der Waals surface area contributed by atoms with E-state index in [2.05, 4.69) is 69.1 Å². The highest BCUT2D eigenvalue weighted by molar-refractivity contribution is 5.95. The van der Waals surface area contributed by atoms with Crippen LogP contribution >= 0.6 is 0 Å². The van der Waals surface area contributed by atoms with Gasteiger partial charge >= 0.3 is 5.97 Å². The van der Waals surface area contributed by atoms with Crippen LogP contribution in [-0.2, 0) is 10.3 Å². The van der Waals surface area contributed by atoms with Crippen molar-refractivity contribution < 1.29 is 9.53 Å². The van der Waals surface area contributed by atoms with Gasteiger partial charge in [-0.15, -0.1) is 0 Å². The lowest BCUT2D eigenvalue weighted by atomic mass is 9.78. The van der Waals surface area contributed by atoms with E-state index in [1.165, 1.54) is 11.1 Å². The smallest absolute Gasteiger partial charge is 0.341 e. The summed E-state index contributed by atoms with van der Waals surface area (Å²) in [6.45, 7) is 8.24. The minimum atomic E-state index is -1.01. The molecule has 3 nitrogen and oxygen atoms in total. The molecule has 0 bridgehead atoms. The van der Waals surface area contributed by atoms with Crippen LogP contribution in [0.4, 0.5) is 0 Å². The van der Waals surface area contributed by atoms with Crippen LogP contribution in [0.15, 0.2) is 54.7 Å². The lowest BCUT2D eigenvalue weighted by Gasteiger charge is -2.32. The van der Waals surface area contributed by atoms with Crippen molar-refractivity contribution in [3.63, 3.8) is 0 Å². The van der Waals surface area contributed by atoms with Crippen molar-refractivity contribution in [2.45, 2.75) is 33.3 Å². The number of benzene rings is 2. The maximum absolute atomic E-state index is 12.7. The average Bonchev–Trinajstić information content (AvgIpc) is 2.89. The SMILES string of the molecule is Cc1ccc(C2(c3ccc(C)cc3C)OC(=O)c3cccnc32)c(C)c1. The third kappa shape index (κ3) is 2.27. The normalized spacial score (nSPS) is 14.8. The van der Waals surface area contributed by atoms with E-state index >= 15 is 0 Å². The van der Waals surface area contributed by atoms with Crippen LogP contribution < -0.4 is 0 Å². The Hall–Kier alpha value is -2.94. The van der Waals surface area contributed by atoms with E-state index < -0.39 is 5.60 Å². The molecule has 0 saturated heterocycles. The maximum Gasteiger partial charge on any atom is 0.341 e. The van der Waals surface area contributed by atoms with Crippen molar-refractivity contribution in [3.05, 3.63) is 99.4 Å². The molecule has 0 aliphatic carbocycles. The van der Waals surface area contributed by atoms with E-state index in [0.29, 0.717) is 11.3 Å². The Morgan fingerprint density at radius 2 is 1.42 bits per heavy atom. The standard InChI is InChI=1S/C23H21NO2/c1-14-7-9-19(16(3)12-14)23(20-10-8-15(2)13-17(20)4)21-18(22(25)26-23)6-5-11-24-21/h5-13H,1-4H3. The summed E-state index contributed by atoms with van der Waals surface area (Å²) in [5, 5.41) is 0. The first kappa shape index (κ1) is 16.5. The molecule has 0 amide bonds. The zero-order chi connectivity index (χ0) is 18.5. The van der Waals surface area contributed by atoms with E-state index in [0.717, 1.165) is 22.3 Å². The third-order valence-electron chi connectivity index (χ3n) is 5.13. The molecule has 0 spiro atoms. The summed E-state index contributed by atoms with van der Waals surface area (Å²) < 4.78 is 6.13. The monoisotopic (exact) mass is 343 g/mol. The fraction of sp³-hybridized carbons (Fsp3) is 0.217. The van der Waals surface area contributed by atoms with E-state index in [9.17, 15) is 4.79 Å². The van der Waals surface area contributed by atoms with Gasteiger partial charge in [0, 0.05) is 17.3 Å². The van der Waals surface area contributed by atoms with Crippen LogP contribution in [0.2, 0.25) is 0 Å². The predicted molar refractivity (Wildman–Crippen MR) is 101 cm³/mol. The van der Waals surface area contributed by atoms with Crippen LogP contribution in [0.5, 0.6) is 0 Å². The van der Waals surface area contributed by atoms with Gasteiger partial charge < -0.3 is 4.74 Å². The Balaban J connectivity index is 2.11. The summed E-state index contributed by atoms with van der Waals surface area (Å²) in [7, 11) is 0. The number of aromatic nitrogens is 1. The fourth-order valence-corrected chi connectivity index (χ4v) is 4.02. The predicted octanol–water partition coefficient (Wildman–Crippen LogP) is 4.78. The Morgan fingerprint density at radius 3 is 1.96 bits per heavy atom. The van der Waals surface area contributed by atoms with Gasteiger partial charge in [-0.2, -0.15) is 0 Å². The average molecular weight is 343 g/mol. The van der Waals surface area contributed by atoms with Gasteiger partial charge in [0.05, 0.1) is 5.56 Å². The largest absolute Gasteiger partial charge is 0.439 e. The number of pyridine rings is 1. The highest BCUT2D eigenvalue weighted by Gasteiger charge is 2.51. The number of fused-ring (bicyclic) bond motifs is 1. The Bertz CT molecular complexity index is 985. The molecule has 0 N–H and O–H groups in total. The lowest BCUT2D eigenvalue weighted by molar-refractivity contribution is 0.0240. The molecule has 2 aromatic carbocycles. The zero-order valence-electron chi connectivity index (χ0n) is 15.5. The molecule has 0 fully saturated rings. The molecule has 0 saturated carbocycles. The van der Waals surface area contributed by atoms with Crippen LogP contribution in [-0.4, -0.2) is 11.0 Å². The van der Waals surface area contributed by atoms with Crippen molar-refractivity contribution in [3.8, 4) is 0 Å². The van der Waals surface area contributed by atoms with Crippen molar-refractivity contribution in [1.82, 2.24) is 4.98 Å². The van der Waals surface area contributed by atoms with Gasteiger partial charge in [-0.05, 0) is 51.0 Å². The van der Waals surface area contributed by atoms with Crippen LogP contribution in [0, 0.1) is 27.7 Å². The Labute approximate surface area is 153 Å². The molecule has 2 heterocycles. The van der Waals surface area contributed by atoms with E-state index in [4.69, 9.17) is 4.74 Å². The van der Waals surface area contributed by atoms with Gasteiger partial charge in [-0.25, -0.2) is 4.79 Å². The minimum Gasteiger partial charge on any atom is -0.439 e. The van der Waals surface area contributed by atoms with E-state index in [1.807, 2.05) is 0 Å². The Morgan fingerprint density at radius 1 is 0.846 bits per heavy atom. The Kier molecular flexibility index (Phi) is 3.69. The van der Waals surface area contributed by atoms with Crippen molar-refractivity contribution in [2.75, 3.05) is 0 Å². The molecule has 3 heteroatoms. The number of carbonyl (C=O) groups excluding carboxylic acids is 1. The highest BCUT2D eigenvalue weighted by Crippen LogP contribution is 2.48. The first-order valence-electron chi connectivity index (χ1n) is 8.78. The molecule has 26 heavy (non-hydrogen) atoms. The minimum absolute atomic E-state index is 0.326. The van der Waals surface area contributed by atoms with Crippen LogP contribution in [0.3, 0.4) is 0 Å². The molecule has 1 aliphatic rings. The summed E-state index contributed by atoms with van der Waals surface area (Å²) in [4.78, 5) is 17.3. The van der Waals surface area contributed by atoms with Gasteiger partial charge in [-0.1, -0.05) is 47.5 Å². The first-order valence-corrected chi connectivity index (χ1v) is 8.78. The quantitative estimate of drug-likeness (QED) is 0.629. The molecule has 1 aromatic heterocycles.